The molecule has 122 valence electrons. The normalized spacial score (nSPS) is 17.3. The number of rotatable bonds is 3. The fraction of sp³-hybridized carbons (Fsp3) is 0.0588. The molecule has 2 aromatic carbocycles. The number of carbonyl (C=O) groups excluding carboxylic acids is 1. The number of benzene rings is 2. The minimum atomic E-state index is -0.210. The zero-order valence-electron chi connectivity index (χ0n) is 12.6. The van der Waals surface area contributed by atoms with Gasteiger partial charge in [0.25, 0.3) is 5.91 Å². The van der Waals surface area contributed by atoms with Crippen molar-refractivity contribution in [2.45, 2.75) is 0 Å². The van der Waals surface area contributed by atoms with Crippen molar-refractivity contribution >= 4 is 50.5 Å². The van der Waals surface area contributed by atoms with Crippen molar-refractivity contribution in [1.29, 1.82) is 0 Å². The Bertz CT molecular complexity index is 850. The number of amides is 1. The Morgan fingerprint density at radius 2 is 2.04 bits per heavy atom. The Balaban J connectivity index is 1.88. The SMILES string of the molecule is COc1cc(/C=C2/SC(=Nc3ccccc3)NC2=O)cc(Br)c1O. The van der Waals surface area contributed by atoms with E-state index >= 15 is 0 Å². The number of hydrogen-bond donors (Lipinski definition) is 2. The molecule has 1 fully saturated rings. The lowest BCUT2D eigenvalue weighted by Gasteiger charge is -2.06. The van der Waals surface area contributed by atoms with Gasteiger partial charge in [0.1, 0.15) is 0 Å². The molecule has 1 heterocycles. The van der Waals surface area contributed by atoms with E-state index in [-0.39, 0.29) is 11.7 Å². The highest BCUT2D eigenvalue weighted by atomic mass is 79.9. The van der Waals surface area contributed by atoms with Gasteiger partial charge in [-0.1, -0.05) is 18.2 Å². The third-order valence-corrected chi connectivity index (χ3v) is 4.72. The molecule has 7 heteroatoms. The van der Waals surface area contributed by atoms with Crippen molar-refractivity contribution in [1.82, 2.24) is 5.32 Å². The van der Waals surface area contributed by atoms with Gasteiger partial charge in [0.2, 0.25) is 0 Å². The van der Waals surface area contributed by atoms with Crippen LogP contribution in [0.4, 0.5) is 5.69 Å². The molecule has 2 aromatic rings. The predicted octanol–water partition coefficient (Wildman–Crippen LogP) is 4.05. The van der Waals surface area contributed by atoms with Crippen LogP contribution in [-0.4, -0.2) is 23.3 Å². The molecule has 1 aliphatic heterocycles. The van der Waals surface area contributed by atoms with E-state index in [1.54, 1.807) is 18.2 Å². The number of aliphatic imine (C=N–C) groups is 1. The molecule has 5 nitrogen and oxygen atoms in total. The highest BCUT2D eigenvalue weighted by molar-refractivity contribution is 9.10. The zero-order valence-corrected chi connectivity index (χ0v) is 15.0. The summed E-state index contributed by atoms with van der Waals surface area (Å²) in [4.78, 5) is 17.0. The monoisotopic (exact) mass is 404 g/mol. The molecule has 3 rings (SSSR count). The minimum Gasteiger partial charge on any atom is -0.503 e. The smallest absolute Gasteiger partial charge is 0.264 e. The van der Waals surface area contributed by atoms with Crippen LogP contribution < -0.4 is 10.1 Å². The van der Waals surface area contributed by atoms with Gasteiger partial charge < -0.3 is 15.2 Å². The Morgan fingerprint density at radius 3 is 2.75 bits per heavy atom. The van der Waals surface area contributed by atoms with E-state index < -0.39 is 0 Å². The molecule has 0 radical (unpaired) electrons. The van der Waals surface area contributed by atoms with E-state index in [1.807, 2.05) is 30.3 Å². The summed E-state index contributed by atoms with van der Waals surface area (Å²) in [7, 11) is 1.47. The maximum Gasteiger partial charge on any atom is 0.264 e. The highest BCUT2D eigenvalue weighted by Crippen LogP contribution is 2.37. The third kappa shape index (κ3) is 3.63. The van der Waals surface area contributed by atoms with Crippen LogP contribution in [0.25, 0.3) is 6.08 Å². The molecule has 0 bridgehead atoms. The number of halogens is 1. The molecular formula is C17H13BrN2O3S. The molecule has 1 amide bonds. The lowest BCUT2D eigenvalue weighted by atomic mass is 10.2. The summed E-state index contributed by atoms with van der Waals surface area (Å²) in [5.41, 5.74) is 1.51. The van der Waals surface area contributed by atoms with Crippen LogP contribution in [0.2, 0.25) is 0 Å². The summed E-state index contributed by atoms with van der Waals surface area (Å²) in [6.45, 7) is 0. The highest BCUT2D eigenvalue weighted by Gasteiger charge is 2.24. The summed E-state index contributed by atoms with van der Waals surface area (Å²) in [5.74, 6) is 0.144. The number of thioether (sulfide) groups is 1. The largest absolute Gasteiger partial charge is 0.503 e. The fourth-order valence-corrected chi connectivity index (χ4v) is 3.39. The van der Waals surface area contributed by atoms with Gasteiger partial charge in [0.05, 0.1) is 22.2 Å². The van der Waals surface area contributed by atoms with Crippen molar-refractivity contribution in [3.05, 3.63) is 57.4 Å². The quantitative estimate of drug-likeness (QED) is 0.756. The topological polar surface area (TPSA) is 70.9 Å². The average molecular weight is 405 g/mol. The number of para-hydroxylation sites is 1. The molecule has 1 aliphatic rings. The maximum atomic E-state index is 12.1. The first-order valence-corrected chi connectivity index (χ1v) is 8.59. The summed E-state index contributed by atoms with van der Waals surface area (Å²) >= 11 is 4.53. The Morgan fingerprint density at radius 1 is 1.29 bits per heavy atom. The van der Waals surface area contributed by atoms with E-state index in [0.717, 1.165) is 11.3 Å². The molecule has 0 unspecified atom stereocenters. The predicted molar refractivity (Wildman–Crippen MR) is 99.6 cm³/mol. The first kappa shape index (κ1) is 16.6. The van der Waals surface area contributed by atoms with Crippen LogP contribution in [0.3, 0.4) is 0 Å². The van der Waals surface area contributed by atoms with Gasteiger partial charge in [-0.05, 0) is 63.6 Å². The average Bonchev–Trinajstić information content (AvgIpc) is 2.91. The summed E-state index contributed by atoms with van der Waals surface area (Å²) in [6.07, 6.45) is 1.72. The van der Waals surface area contributed by atoms with E-state index in [4.69, 9.17) is 4.74 Å². The molecule has 0 atom stereocenters. The van der Waals surface area contributed by atoms with Crippen molar-refractivity contribution in [3.63, 3.8) is 0 Å². The number of phenolic OH excluding ortho intramolecular Hbond substituents is 1. The number of hydrogen-bond acceptors (Lipinski definition) is 5. The number of nitrogens with one attached hydrogen (secondary N) is 1. The molecule has 1 saturated heterocycles. The molecule has 0 aliphatic carbocycles. The Kier molecular flexibility index (Phi) is 4.92. The fourth-order valence-electron chi connectivity index (χ4n) is 2.08. The van der Waals surface area contributed by atoms with Crippen LogP contribution in [0.1, 0.15) is 5.56 Å². The van der Waals surface area contributed by atoms with Crippen LogP contribution in [0.5, 0.6) is 11.5 Å². The van der Waals surface area contributed by atoms with Crippen molar-refractivity contribution in [3.8, 4) is 11.5 Å². The molecular weight excluding hydrogens is 392 g/mol. The second-order valence-electron chi connectivity index (χ2n) is 4.87. The molecule has 0 saturated carbocycles. The van der Waals surface area contributed by atoms with E-state index in [1.165, 1.54) is 18.9 Å². The number of nitrogens with zero attached hydrogens (tertiary/aromatic N) is 1. The van der Waals surface area contributed by atoms with Crippen molar-refractivity contribution in [2.24, 2.45) is 4.99 Å². The second-order valence-corrected chi connectivity index (χ2v) is 6.76. The van der Waals surface area contributed by atoms with Gasteiger partial charge >= 0.3 is 0 Å². The second kappa shape index (κ2) is 7.11. The number of carbonyl (C=O) groups is 1. The van der Waals surface area contributed by atoms with Crippen molar-refractivity contribution < 1.29 is 14.6 Å². The van der Waals surface area contributed by atoms with E-state index in [9.17, 15) is 9.90 Å². The number of amidine groups is 1. The van der Waals surface area contributed by atoms with Gasteiger partial charge in [0, 0.05) is 0 Å². The van der Waals surface area contributed by atoms with Gasteiger partial charge in [0.15, 0.2) is 16.7 Å². The summed E-state index contributed by atoms with van der Waals surface area (Å²) in [5, 5.41) is 13.1. The van der Waals surface area contributed by atoms with E-state index in [2.05, 4.69) is 26.2 Å². The first-order valence-electron chi connectivity index (χ1n) is 6.98. The van der Waals surface area contributed by atoms with Crippen LogP contribution in [0.15, 0.2) is 56.8 Å². The zero-order chi connectivity index (χ0) is 17.1. The van der Waals surface area contributed by atoms with Gasteiger partial charge in [-0.2, -0.15) is 0 Å². The van der Waals surface area contributed by atoms with Crippen molar-refractivity contribution in [2.75, 3.05) is 7.11 Å². The lowest BCUT2D eigenvalue weighted by molar-refractivity contribution is -0.115. The van der Waals surface area contributed by atoms with Gasteiger partial charge in [-0.3, -0.25) is 4.79 Å². The van der Waals surface area contributed by atoms with E-state index in [0.29, 0.717) is 20.3 Å². The standard InChI is InChI=1S/C17H13BrN2O3S/c1-23-13-8-10(7-12(18)15(13)21)9-14-16(22)20-17(24-14)19-11-5-3-2-4-6-11/h2-9,21H,1H3,(H,19,20,22)/b14-9+. The lowest BCUT2D eigenvalue weighted by Crippen LogP contribution is -2.19. The van der Waals surface area contributed by atoms with Gasteiger partial charge in [-0.25, -0.2) is 4.99 Å². The third-order valence-electron chi connectivity index (χ3n) is 3.21. The summed E-state index contributed by atoms with van der Waals surface area (Å²) < 4.78 is 5.61. The maximum absolute atomic E-state index is 12.1. The minimum absolute atomic E-state index is 0.0227. The van der Waals surface area contributed by atoms with Crippen LogP contribution >= 0.6 is 27.7 Å². The van der Waals surface area contributed by atoms with Crippen LogP contribution in [0, 0.1) is 0 Å². The number of phenols is 1. The summed E-state index contributed by atoms with van der Waals surface area (Å²) in [6, 6.07) is 12.8. The molecule has 0 aromatic heterocycles. The number of methoxy groups -OCH3 is 1. The number of ether oxygens (including phenoxy) is 1. The van der Waals surface area contributed by atoms with Crippen LogP contribution in [-0.2, 0) is 4.79 Å². The molecule has 0 spiro atoms. The molecule has 24 heavy (non-hydrogen) atoms. The first-order chi connectivity index (χ1) is 11.6. The Labute approximate surface area is 151 Å². The molecule has 2 N–H and O–H groups in total. The Hall–Kier alpha value is -2.25. The number of aromatic hydroxyl groups is 1. The van der Waals surface area contributed by atoms with Gasteiger partial charge in [-0.15, -0.1) is 0 Å².